The van der Waals surface area contributed by atoms with Gasteiger partial charge in [0.15, 0.2) is 18.6 Å². The van der Waals surface area contributed by atoms with E-state index in [4.69, 9.17) is 51.6 Å². The highest BCUT2D eigenvalue weighted by Gasteiger charge is 2.43. The normalized spacial score (nSPS) is 22.6. The average Bonchev–Trinajstić information content (AvgIpc) is 3.77. The Morgan fingerprint density at radius 3 is 1.54 bits per heavy atom. The number of ether oxygens (including phenoxy) is 1. The van der Waals surface area contributed by atoms with Gasteiger partial charge >= 0.3 is 0 Å². The van der Waals surface area contributed by atoms with Crippen LogP contribution in [0.2, 0.25) is 0 Å². The predicted molar refractivity (Wildman–Crippen MR) is 204 cm³/mol. The highest BCUT2D eigenvalue weighted by atomic mass is 18.2. The first-order valence-corrected chi connectivity index (χ1v) is 19.2. The fourth-order valence-electron chi connectivity index (χ4n) is 4.73. The molecule has 21 nitrogen and oxygen atoms in total. The smallest absolute Gasteiger partial charge is 0.253 e. The maximum atomic E-state index is 13.5. The number of carbonyl (C=O) groups excluding carboxylic acids is 4. The molecule has 3 heterocycles. The van der Waals surface area contributed by atoms with E-state index in [1.165, 1.54) is 34.1 Å². The number of aliphatic hydroxyl groups is 10. The number of halogens is 4. The van der Waals surface area contributed by atoms with Crippen molar-refractivity contribution in [2.24, 2.45) is 11.1 Å². The number of aliphatic hydroxyl groups excluding tert-OH is 10. The molecule has 0 bridgehead atoms. The second-order valence-electron chi connectivity index (χ2n) is 12.8. The van der Waals surface area contributed by atoms with Crippen molar-refractivity contribution in [1.29, 1.82) is 0 Å². The highest BCUT2D eigenvalue weighted by molar-refractivity contribution is 6.13. The van der Waals surface area contributed by atoms with Crippen molar-refractivity contribution in [1.82, 2.24) is 9.80 Å². The van der Waals surface area contributed by atoms with E-state index >= 15 is 0 Å². The molecular weight excluding hydrogens is 832 g/mol. The lowest BCUT2D eigenvalue weighted by Gasteiger charge is -2.36. The molecule has 0 radical (unpaired) electrons. The molecule has 1 saturated heterocycles. The van der Waals surface area contributed by atoms with Crippen LogP contribution in [0, 0.1) is 0 Å². The van der Waals surface area contributed by atoms with Gasteiger partial charge in [0.25, 0.3) is 23.6 Å². The van der Waals surface area contributed by atoms with Crippen molar-refractivity contribution < 1.29 is 102 Å². The molecule has 0 aliphatic carbocycles. The van der Waals surface area contributed by atoms with Gasteiger partial charge in [-0.15, -0.1) is 0 Å². The van der Waals surface area contributed by atoms with Crippen molar-refractivity contribution in [3.63, 3.8) is 0 Å². The number of alkyl halides is 4. The number of nitrogens with two attached hydrogens (primary N) is 1. The Balaban J connectivity index is 0. The molecule has 356 valence electrons. The van der Waals surface area contributed by atoms with Crippen LogP contribution < -0.4 is 5.90 Å². The molecule has 0 aromatic carbocycles. The van der Waals surface area contributed by atoms with Gasteiger partial charge in [-0.3, -0.25) is 29.0 Å². The number of carbonyl (C=O) groups is 4. The Bertz CT molecular complexity index is 1230. The van der Waals surface area contributed by atoms with Gasteiger partial charge in [0.05, 0.1) is 39.2 Å². The van der Waals surface area contributed by atoms with Crippen molar-refractivity contribution in [3.05, 3.63) is 24.3 Å². The maximum Gasteiger partial charge on any atom is 0.253 e. The van der Waals surface area contributed by atoms with Crippen LogP contribution in [-0.2, 0) is 33.6 Å². The van der Waals surface area contributed by atoms with E-state index in [0.29, 0.717) is 38.8 Å². The van der Waals surface area contributed by atoms with Gasteiger partial charge in [-0.2, -0.15) is 0 Å². The highest BCUT2D eigenvalue weighted by Crippen LogP contribution is 2.21. The number of nitrogens with zero attached hydrogens (tertiary/aromatic N) is 3. The Hall–Kier alpha value is -3.57. The summed E-state index contributed by atoms with van der Waals surface area (Å²) in [7, 11) is 0. The van der Waals surface area contributed by atoms with Gasteiger partial charge in [0, 0.05) is 37.4 Å². The summed E-state index contributed by atoms with van der Waals surface area (Å²) in [5.74, 6) is 3.87. The van der Waals surface area contributed by atoms with E-state index in [1.807, 2.05) is 0 Å². The second kappa shape index (κ2) is 37.0. The van der Waals surface area contributed by atoms with Gasteiger partial charge in [-0.25, -0.2) is 23.5 Å². The van der Waals surface area contributed by atoms with Crippen LogP contribution in [0.15, 0.2) is 29.5 Å². The molecule has 0 saturated carbocycles. The number of hydrogen-bond donors (Lipinski definition) is 11. The molecule has 3 aliphatic heterocycles. The summed E-state index contributed by atoms with van der Waals surface area (Å²) in [5.41, 5.74) is 0. The quantitative estimate of drug-likeness (QED) is 0.0159. The molecule has 0 spiro atoms. The minimum absolute atomic E-state index is 0.203. The third-order valence-electron chi connectivity index (χ3n) is 8.09. The Morgan fingerprint density at radius 1 is 0.721 bits per heavy atom. The van der Waals surface area contributed by atoms with Crippen LogP contribution in [0.4, 0.5) is 17.6 Å². The summed E-state index contributed by atoms with van der Waals surface area (Å²) in [6.07, 6.45) is -3.34. The van der Waals surface area contributed by atoms with E-state index in [9.17, 15) is 47.0 Å². The summed E-state index contributed by atoms with van der Waals surface area (Å²) < 4.78 is 51.6. The first-order chi connectivity index (χ1) is 29.0. The van der Waals surface area contributed by atoms with Crippen molar-refractivity contribution >= 4 is 29.8 Å². The molecule has 9 unspecified atom stereocenters. The SMILES string of the molecule is NOCCCCCCN1C(=O)C=CC1=O.O=C1C=CC(=O)N1CCCCCCO/N=C/C([18F])C(O)C(O)C(O)CO.OCC1OC(O)C([18F])C(O)C1O.OCC[18F].OCC[18F]. The van der Waals surface area contributed by atoms with Crippen LogP contribution in [0.25, 0.3) is 0 Å². The zero-order valence-corrected chi connectivity index (χ0v) is 33.6. The lowest BCUT2D eigenvalue weighted by Crippen LogP contribution is -2.56. The molecule has 61 heavy (non-hydrogen) atoms. The van der Waals surface area contributed by atoms with E-state index in [-0.39, 0.29) is 43.4 Å². The van der Waals surface area contributed by atoms with Crippen molar-refractivity contribution in [2.75, 3.05) is 66.1 Å². The zero-order valence-electron chi connectivity index (χ0n) is 33.6. The molecule has 3 rings (SSSR count). The number of amides is 4. The van der Waals surface area contributed by atoms with Crippen LogP contribution >= 0.6 is 0 Å². The van der Waals surface area contributed by atoms with Crippen LogP contribution in [0.3, 0.4) is 0 Å². The van der Waals surface area contributed by atoms with Crippen molar-refractivity contribution in [3.8, 4) is 0 Å². The van der Waals surface area contributed by atoms with E-state index in [0.717, 1.165) is 38.5 Å². The minimum atomic E-state index is -2.06. The summed E-state index contributed by atoms with van der Waals surface area (Å²) in [6, 6.07) is 0. The number of unbranched alkanes of at least 4 members (excludes halogenated alkanes) is 6. The first-order valence-electron chi connectivity index (χ1n) is 19.2. The lowest BCUT2D eigenvalue weighted by molar-refractivity contribution is -0.271. The molecule has 4 amide bonds. The summed E-state index contributed by atoms with van der Waals surface area (Å²) >= 11 is 0. The van der Waals surface area contributed by atoms with E-state index < -0.39 is 81.8 Å². The topological polar surface area (TPSA) is 343 Å². The zero-order chi connectivity index (χ0) is 46.8. The lowest BCUT2D eigenvalue weighted by atomic mass is 10.0. The van der Waals surface area contributed by atoms with Gasteiger partial charge in [0.1, 0.15) is 56.6 Å². The van der Waals surface area contributed by atoms with E-state index in [1.54, 1.807) is 0 Å². The maximum absolute atomic E-state index is 13.5. The molecule has 1 fully saturated rings. The number of hydrogen-bond acceptors (Lipinski definition) is 19. The summed E-state index contributed by atoms with van der Waals surface area (Å²) in [4.78, 5) is 56.6. The third-order valence-corrected chi connectivity index (χ3v) is 8.09. The number of rotatable bonds is 23. The predicted octanol–water partition coefficient (Wildman–Crippen LogP) is -3.10. The third kappa shape index (κ3) is 25.8. The molecule has 25 heteroatoms. The number of oxime groups is 1. The fourth-order valence-corrected chi connectivity index (χ4v) is 4.73. The van der Waals surface area contributed by atoms with Gasteiger partial charge in [0.2, 0.25) is 0 Å². The second-order valence-corrected chi connectivity index (χ2v) is 12.8. The molecule has 12 N–H and O–H groups in total. The summed E-state index contributed by atoms with van der Waals surface area (Å²) in [6.45, 7) is -1.69. The van der Waals surface area contributed by atoms with Gasteiger partial charge in [-0.1, -0.05) is 24.4 Å². The fraction of sp³-hybridized carbons (Fsp3) is 0.750. The molecular formula is C36H62F4N4O17. The average molecular weight is 895 g/mol. The monoisotopic (exact) mass is 894 g/mol. The number of imide groups is 2. The standard InChI is InChI=1S/C16H25FN2O7.C10H16N2O3.C6H11FO5.2C2H5FO/c17-11(15(24)16(25)12(21)10-20)9-18-26-8-4-2-1-3-7-19-13(22)5-6-14(19)23;11-15-8-4-2-1-3-7-12-9(13)5-6-10(12)14;7-3-5(10)4(9)2(1-8)12-6(3)11;2*3-1-2-4/h5-6,9,11-12,15-16,20-21,24-25H,1-4,7-8,10H2;5-6H,1-4,7-8,11H2;2-6,8-11H,1H2;2*4H,1-2H2/b18-9+;;;;/i17-1;;7-1;2*3-1. The van der Waals surface area contributed by atoms with Crippen molar-refractivity contribution in [2.45, 2.75) is 107 Å². The molecule has 3 aliphatic rings. The van der Waals surface area contributed by atoms with Gasteiger partial charge < -0.3 is 65.5 Å². The Morgan fingerprint density at radius 2 is 1.15 bits per heavy atom. The molecule has 0 aromatic rings. The minimum Gasteiger partial charge on any atom is -0.396 e. The molecule has 0 aromatic heterocycles. The van der Waals surface area contributed by atoms with Crippen LogP contribution in [-0.4, -0.2) is 212 Å². The largest absolute Gasteiger partial charge is 0.396 e. The van der Waals surface area contributed by atoms with Crippen LogP contribution in [0.1, 0.15) is 51.4 Å². The summed E-state index contributed by atoms with van der Waals surface area (Å²) in [5, 5.41) is 90.1. The van der Waals surface area contributed by atoms with Crippen LogP contribution in [0.5, 0.6) is 0 Å². The first kappa shape index (κ1) is 59.5. The molecule has 9 atom stereocenters. The Kier molecular flexibility index (Phi) is 36.1. The van der Waals surface area contributed by atoms with Gasteiger partial charge in [-0.05, 0) is 32.1 Å². The Labute approximate surface area is 349 Å². The van der Waals surface area contributed by atoms with E-state index in [2.05, 4.69) is 14.7 Å².